The van der Waals surface area contributed by atoms with E-state index in [2.05, 4.69) is 27.0 Å². The highest BCUT2D eigenvalue weighted by molar-refractivity contribution is 5.64. The van der Waals surface area contributed by atoms with E-state index in [0.29, 0.717) is 29.0 Å². The summed E-state index contributed by atoms with van der Waals surface area (Å²) >= 11 is 0. The number of ether oxygens (including phenoxy) is 1. The molecule has 1 saturated heterocycles. The molecule has 0 spiro atoms. The zero-order valence-electron chi connectivity index (χ0n) is 14.3. The van der Waals surface area contributed by atoms with Crippen LogP contribution in [0.15, 0.2) is 12.8 Å². The van der Waals surface area contributed by atoms with E-state index in [-0.39, 0.29) is 0 Å². The number of rotatable bonds is 5. The molecule has 4 atom stereocenters. The fourth-order valence-electron chi connectivity index (χ4n) is 3.69. The van der Waals surface area contributed by atoms with E-state index in [1.54, 1.807) is 0 Å². The van der Waals surface area contributed by atoms with Gasteiger partial charge in [0.05, 0.1) is 11.9 Å². The number of aromatic nitrogens is 4. The molecule has 2 aromatic rings. The van der Waals surface area contributed by atoms with Gasteiger partial charge in [-0.1, -0.05) is 19.4 Å². The lowest BCUT2D eigenvalue weighted by molar-refractivity contribution is -0.0411. The van der Waals surface area contributed by atoms with Crippen LogP contribution in [0, 0.1) is 0 Å². The highest BCUT2D eigenvalue weighted by atomic mass is 16.6. The average Bonchev–Trinajstić information content (AvgIpc) is 3.36. The smallest absolute Gasteiger partial charge is 0.197 e. The molecule has 4 rings (SSSR count). The zero-order chi connectivity index (χ0) is 18.3. The van der Waals surface area contributed by atoms with Crippen LogP contribution in [0.1, 0.15) is 43.3 Å². The topological polar surface area (TPSA) is 125 Å². The third-order valence-corrected chi connectivity index (χ3v) is 5.10. The van der Waals surface area contributed by atoms with Crippen LogP contribution < -0.4 is 5.32 Å². The number of hydrogen-bond donors (Lipinski definition) is 3. The molecule has 2 aliphatic rings. The summed E-state index contributed by atoms with van der Waals surface area (Å²) in [7, 11) is 0. The molecule has 0 unspecified atom stereocenters. The third-order valence-electron chi connectivity index (χ3n) is 5.10. The van der Waals surface area contributed by atoms with Crippen LogP contribution in [0.4, 0.5) is 5.82 Å². The summed E-state index contributed by atoms with van der Waals surface area (Å²) in [6.07, 6.45) is 3.29. The molecule has 1 aliphatic carbocycles. The number of aliphatic hydroxyl groups is 2. The van der Waals surface area contributed by atoms with Crippen molar-refractivity contribution in [3.05, 3.63) is 24.3 Å². The van der Waals surface area contributed by atoms with Gasteiger partial charge in [-0.2, -0.15) is 0 Å². The van der Waals surface area contributed by atoms with Gasteiger partial charge in [0.15, 0.2) is 17.3 Å². The zero-order valence-corrected chi connectivity index (χ0v) is 14.3. The summed E-state index contributed by atoms with van der Waals surface area (Å²) in [6, 6.07) is 0.339. The van der Waals surface area contributed by atoms with Crippen LogP contribution in [0.5, 0.6) is 0 Å². The summed E-state index contributed by atoms with van der Waals surface area (Å²) < 4.78 is 7.09. The number of nitrogens with zero attached hydrogens (tertiary/aromatic N) is 4. The summed E-state index contributed by atoms with van der Waals surface area (Å²) in [6.45, 7) is 3.09. The SMILES string of the molecule is C=Cc1nc(NC2CCCC2)c2ncc([C@@H]3O[C@H](C[O])[C@@H](O)[C@H]3O)n2n1. The lowest BCUT2D eigenvalue weighted by atomic mass is 10.1. The number of aliphatic hydroxyl groups excluding tert-OH is 2. The van der Waals surface area contributed by atoms with E-state index in [0.717, 1.165) is 12.8 Å². The summed E-state index contributed by atoms with van der Waals surface area (Å²) in [5.41, 5.74) is 0.968. The normalized spacial score (nSPS) is 29.5. The predicted octanol–water partition coefficient (Wildman–Crippen LogP) is 0.714. The van der Waals surface area contributed by atoms with E-state index in [1.807, 2.05) is 0 Å². The van der Waals surface area contributed by atoms with Crippen LogP contribution in [0.25, 0.3) is 11.7 Å². The van der Waals surface area contributed by atoms with Gasteiger partial charge in [-0.3, -0.25) is 0 Å². The highest BCUT2D eigenvalue weighted by Crippen LogP contribution is 2.34. The second-order valence-corrected chi connectivity index (χ2v) is 6.81. The van der Waals surface area contributed by atoms with Gasteiger partial charge in [-0.25, -0.2) is 19.6 Å². The number of imidazole rings is 1. The Kier molecular flexibility index (Phi) is 4.62. The Morgan fingerprint density at radius 3 is 2.77 bits per heavy atom. The Morgan fingerprint density at radius 2 is 2.12 bits per heavy atom. The standard InChI is InChI=1S/C17H22N5O4/c1-2-12-20-16(19-9-5-3-4-6-9)17-18-7-10(22(17)21-12)15-14(25)13(24)11(8-23)26-15/h2,7,9,11,13-15,24-25H,1,3-6,8H2,(H,19,20,21)/t11-,13-,14-,15+/m1/s1. The van der Waals surface area contributed by atoms with Crippen molar-refractivity contribution in [1.82, 2.24) is 19.6 Å². The van der Waals surface area contributed by atoms with Crippen molar-refractivity contribution in [1.29, 1.82) is 0 Å². The quantitative estimate of drug-likeness (QED) is 0.717. The summed E-state index contributed by atoms with van der Waals surface area (Å²) in [4.78, 5) is 8.84. The highest BCUT2D eigenvalue weighted by Gasteiger charge is 2.45. The van der Waals surface area contributed by atoms with E-state index >= 15 is 0 Å². The van der Waals surface area contributed by atoms with E-state index in [9.17, 15) is 15.3 Å². The average molecular weight is 360 g/mol. The Morgan fingerprint density at radius 1 is 1.35 bits per heavy atom. The number of nitrogens with one attached hydrogen (secondary N) is 1. The Hall–Kier alpha value is -2.07. The molecule has 3 heterocycles. The first kappa shape index (κ1) is 17.3. The first-order valence-electron chi connectivity index (χ1n) is 8.86. The predicted molar refractivity (Wildman–Crippen MR) is 91.9 cm³/mol. The van der Waals surface area contributed by atoms with Crippen LogP contribution >= 0.6 is 0 Å². The maximum absolute atomic E-state index is 11.1. The van der Waals surface area contributed by atoms with Gasteiger partial charge in [-0.15, -0.1) is 5.10 Å². The summed E-state index contributed by atoms with van der Waals surface area (Å²) in [5, 5.41) is 39.2. The second-order valence-electron chi connectivity index (χ2n) is 6.81. The van der Waals surface area contributed by atoms with Gasteiger partial charge >= 0.3 is 0 Å². The van der Waals surface area contributed by atoms with Crippen molar-refractivity contribution in [2.24, 2.45) is 0 Å². The Labute approximate surface area is 150 Å². The maximum Gasteiger partial charge on any atom is 0.197 e. The molecule has 2 aromatic heterocycles. The molecule has 9 heteroatoms. The van der Waals surface area contributed by atoms with Gasteiger partial charge in [0.25, 0.3) is 0 Å². The van der Waals surface area contributed by atoms with Crippen LogP contribution in [-0.2, 0) is 9.84 Å². The minimum absolute atomic E-state index is 0.339. The Balaban J connectivity index is 1.74. The van der Waals surface area contributed by atoms with E-state index < -0.39 is 31.0 Å². The lowest BCUT2D eigenvalue weighted by Gasteiger charge is -2.16. The van der Waals surface area contributed by atoms with Crippen molar-refractivity contribution in [2.45, 2.75) is 56.1 Å². The molecular formula is C17H22N5O4. The van der Waals surface area contributed by atoms with Gasteiger partial charge in [0, 0.05) is 6.04 Å². The molecule has 9 nitrogen and oxygen atoms in total. The van der Waals surface area contributed by atoms with Crippen molar-refractivity contribution < 1.29 is 20.1 Å². The van der Waals surface area contributed by atoms with Crippen LogP contribution in [-0.4, -0.2) is 60.8 Å². The Bertz CT molecular complexity index is 804. The molecule has 0 aromatic carbocycles. The molecular weight excluding hydrogens is 338 g/mol. The van der Waals surface area contributed by atoms with Crippen molar-refractivity contribution >= 4 is 17.5 Å². The molecule has 1 radical (unpaired) electrons. The molecule has 1 saturated carbocycles. The minimum Gasteiger partial charge on any atom is -0.387 e. The molecule has 0 amide bonds. The first-order valence-corrected chi connectivity index (χ1v) is 8.86. The van der Waals surface area contributed by atoms with Crippen molar-refractivity contribution in [3.63, 3.8) is 0 Å². The number of hydrogen-bond acceptors (Lipinski definition) is 7. The fourth-order valence-corrected chi connectivity index (χ4v) is 3.69. The monoisotopic (exact) mass is 360 g/mol. The van der Waals surface area contributed by atoms with Gasteiger partial charge in [0.1, 0.15) is 31.0 Å². The molecule has 139 valence electrons. The van der Waals surface area contributed by atoms with Crippen LogP contribution in [0.3, 0.4) is 0 Å². The molecule has 26 heavy (non-hydrogen) atoms. The molecule has 1 aliphatic heterocycles. The van der Waals surface area contributed by atoms with Crippen molar-refractivity contribution in [2.75, 3.05) is 11.9 Å². The number of anilines is 1. The minimum atomic E-state index is -1.24. The fraction of sp³-hybridized carbons (Fsp3) is 0.588. The third kappa shape index (κ3) is 2.86. The van der Waals surface area contributed by atoms with Crippen molar-refractivity contribution in [3.8, 4) is 0 Å². The van der Waals surface area contributed by atoms with Gasteiger partial charge < -0.3 is 20.3 Å². The van der Waals surface area contributed by atoms with E-state index in [4.69, 9.17) is 4.74 Å². The van der Waals surface area contributed by atoms with Gasteiger partial charge in [-0.05, 0) is 18.9 Å². The summed E-state index contributed by atoms with van der Waals surface area (Å²) in [5.74, 6) is 1.01. The first-order chi connectivity index (χ1) is 12.6. The van der Waals surface area contributed by atoms with E-state index in [1.165, 1.54) is 29.6 Å². The van der Waals surface area contributed by atoms with Gasteiger partial charge in [0.2, 0.25) is 0 Å². The van der Waals surface area contributed by atoms with Crippen LogP contribution in [0.2, 0.25) is 0 Å². The maximum atomic E-state index is 11.1. The molecule has 3 N–H and O–H groups in total. The second kappa shape index (κ2) is 6.92. The molecule has 2 fully saturated rings. The number of fused-ring (bicyclic) bond motifs is 1. The largest absolute Gasteiger partial charge is 0.387 e. The lowest BCUT2D eigenvalue weighted by Crippen LogP contribution is -2.32. The molecule has 0 bridgehead atoms.